The summed E-state index contributed by atoms with van der Waals surface area (Å²) in [7, 11) is 0. The lowest BCUT2D eigenvalue weighted by Crippen LogP contribution is -2.49. The van der Waals surface area contributed by atoms with Gasteiger partial charge < -0.3 is 10.1 Å². The van der Waals surface area contributed by atoms with Crippen molar-refractivity contribution in [3.05, 3.63) is 17.5 Å². The molecular weight excluding hydrogens is 292 g/mol. The van der Waals surface area contributed by atoms with E-state index < -0.39 is 0 Å². The van der Waals surface area contributed by atoms with E-state index in [1.54, 1.807) is 0 Å². The predicted molar refractivity (Wildman–Crippen MR) is 88.3 cm³/mol. The van der Waals surface area contributed by atoms with Crippen molar-refractivity contribution >= 4 is 5.91 Å². The Hall–Kier alpha value is -1.40. The van der Waals surface area contributed by atoms with Crippen LogP contribution in [0.4, 0.5) is 0 Å². The lowest BCUT2D eigenvalue weighted by Gasteiger charge is -2.35. The standard InChI is InChI=1S/C17H28N4O2/c1-12-9-16(20-19-12)14-5-3-7-21(11-14)13(2)17(22)18-10-15-6-4-8-23-15/h9,13-15H,3-8,10-11H2,1-2H3,(H,18,22)(H,19,20). The minimum atomic E-state index is -0.0979. The first-order chi connectivity index (χ1) is 11.1. The number of hydrogen-bond donors (Lipinski definition) is 2. The molecule has 0 spiro atoms. The van der Waals surface area contributed by atoms with Gasteiger partial charge in [-0.1, -0.05) is 0 Å². The fourth-order valence-corrected chi connectivity index (χ4v) is 3.58. The molecule has 2 aliphatic rings. The minimum absolute atomic E-state index is 0.0979. The number of aromatic amines is 1. The van der Waals surface area contributed by atoms with E-state index in [0.717, 1.165) is 56.8 Å². The molecule has 2 aliphatic heterocycles. The van der Waals surface area contributed by atoms with Gasteiger partial charge in [-0.25, -0.2) is 0 Å². The number of carbonyl (C=O) groups is 1. The highest BCUT2D eigenvalue weighted by Crippen LogP contribution is 2.27. The second kappa shape index (κ2) is 7.45. The SMILES string of the molecule is Cc1cc(C2CCCN(C(C)C(=O)NCC3CCCO3)C2)n[nH]1. The smallest absolute Gasteiger partial charge is 0.237 e. The van der Waals surface area contributed by atoms with Gasteiger partial charge in [0.15, 0.2) is 0 Å². The average Bonchev–Trinajstić information content (AvgIpc) is 3.23. The molecule has 6 heteroatoms. The Kier molecular flexibility index (Phi) is 5.33. The molecule has 6 nitrogen and oxygen atoms in total. The summed E-state index contributed by atoms with van der Waals surface area (Å²) in [6.07, 6.45) is 4.61. The van der Waals surface area contributed by atoms with Gasteiger partial charge in [0.2, 0.25) is 5.91 Å². The number of rotatable bonds is 5. The zero-order chi connectivity index (χ0) is 16.2. The first kappa shape index (κ1) is 16.5. The summed E-state index contributed by atoms with van der Waals surface area (Å²) in [4.78, 5) is 14.7. The fourth-order valence-electron chi connectivity index (χ4n) is 3.58. The summed E-state index contributed by atoms with van der Waals surface area (Å²) < 4.78 is 5.57. The molecule has 0 aromatic carbocycles. The van der Waals surface area contributed by atoms with Crippen LogP contribution in [0.1, 0.15) is 49.9 Å². The van der Waals surface area contributed by atoms with E-state index in [9.17, 15) is 4.79 Å². The fraction of sp³-hybridized carbons (Fsp3) is 0.765. The van der Waals surface area contributed by atoms with Crippen LogP contribution < -0.4 is 5.32 Å². The van der Waals surface area contributed by atoms with E-state index >= 15 is 0 Å². The first-order valence-electron chi connectivity index (χ1n) is 8.78. The molecule has 3 heterocycles. The van der Waals surface area contributed by atoms with Crippen molar-refractivity contribution in [1.29, 1.82) is 0 Å². The van der Waals surface area contributed by atoms with E-state index in [1.807, 2.05) is 13.8 Å². The number of hydrogen-bond acceptors (Lipinski definition) is 4. The van der Waals surface area contributed by atoms with Crippen LogP contribution in [0, 0.1) is 6.92 Å². The van der Waals surface area contributed by atoms with Crippen LogP contribution in [-0.2, 0) is 9.53 Å². The third-order valence-electron chi connectivity index (χ3n) is 5.05. The van der Waals surface area contributed by atoms with Gasteiger partial charge in [-0.3, -0.25) is 14.8 Å². The van der Waals surface area contributed by atoms with E-state index in [4.69, 9.17) is 4.74 Å². The molecule has 23 heavy (non-hydrogen) atoms. The summed E-state index contributed by atoms with van der Waals surface area (Å²) >= 11 is 0. The predicted octanol–water partition coefficient (Wildman–Crippen LogP) is 1.58. The number of carbonyl (C=O) groups excluding carboxylic acids is 1. The van der Waals surface area contributed by atoms with Crippen molar-refractivity contribution in [2.75, 3.05) is 26.2 Å². The summed E-state index contributed by atoms with van der Waals surface area (Å²) in [5.41, 5.74) is 2.22. The molecule has 1 aromatic rings. The van der Waals surface area contributed by atoms with Crippen LogP contribution in [-0.4, -0.2) is 59.4 Å². The summed E-state index contributed by atoms with van der Waals surface area (Å²) in [6, 6.07) is 2.02. The molecule has 2 N–H and O–H groups in total. The molecule has 128 valence electrons. The quantitative estimate of drug-likeness (QED) is 0.864. The van der Waals surface area contributed by atoms with E-state index in [2.05, 4.69) is 26.5 Å². The Bertz CT molecular complexity index is 524. The van der Waals surface area contributed by atoms with Gasteiger partial charge in [0.1, 0.15) is 0 Å². The molecule has 3 unspecified atom stereocenters. The van der Waals surface area contributed by atoms with Crippen LogP contribution in [0.5, 0.6) is 0 Å². The number of aryl methyl sites for hydroxylation is 1. The summed E-state index contributed by atoms with van der Waals surface area (Å²) in [6.45, 7) is 7.38. The zero-order valence-electron chi connectivity index (χ0n) is 14.2. The van der Waals surface area contributed by atoms with Crippen LogP contribution in [0.2, 0.25) is 0 Å². The molecule has 1 aromatic heterocycles. The highest BCUT2D eigenvalue weighted by atomic mass is 16.5. The molecule has 3 atom stereocenters. The summed E-state index contributed by atoms with van der Waals surface area (Å²) in [5, 5.41) is 10.5. The Labute approximate surface area is 138 Å². The zero-order valence-corrected chi connectivity index (χ0v) is 14.2. The van der Waals surface area contributed by atoms with Crippen molar-refractivity contribution in [1.82, 2.24) is 20.4 Å². The van der Waals surface area contributed by atoms with E-state index in [1.165, 1.54) is 0 Å². The number of likely N-dealkylation sites (tertiary alicyclic amines) is 1. The second-order valence-corrected chi connectivity index (χ2v) is 6.87. The highest BCUT2D eigenvalue weighted by Gasteiger charge is 2.29. The Morgan fingerprint density at radius 3 is 3.09 bits per heavy atom. The molecule has 0 aliphatic carbocycles. The maximum absolute atomic E-state index is 12.4. The lowest BCUT2D eigenvalue weighted by atomic mass is 9.93. The van der Waals surface area contributed by atoms with Gasteiger partial charge in [0, 0.05) is 31.3 Å². The summed E-state index contributed by atoms with van der Waals surface area (Å²) in [5.74, 6) is 0.529. The number of nitrogens with zero attached hydrogens (tertiary/aromatic N) is 2. The molecule has 2 fully saturated rings. The van der Waals surface area contributed by atoms with Crippen molar-refractivity contribution in [3.8, 4) is 0 Å². The third kappa shape index (κ3) is 4.12. The van der Waals surface area contributed by atoms with Crippen LogP contribution in [0.25, 0.3) is 0 Å². The topological polar surface area (TPSA) is 70.2 Å². The molecule has 0 bridgehead atoms. The molecule has 0 radical (unpaired) electrons. The van der Waals surface area contributed by atoms with Crippen molar-refractivity contribution in [3.63, 3.8) is 0 Å². The first-order valence-corrected chi connectivity index (χ1v) is 8.78. The number of ether oxygens (including phenoxy) is 1. The Morgan fingerprint density at radius 1 is 1.52 bits per heavy atom. The Balaban J connectivity index is 1.51. The van der Waals surface area contributed by atoms with Gasteiger partial charge >= 0.3 is 0 Å². The van der Waals surface area contributed by atoms with Gasteiger partial charge in [0.05, 0.1) is 17.8 Å². The third-order valence-corrected chi connectivity index (χ3v) is 5.05. The molecule has 2 saturated heterocycles. The molecule has 0 saturated carbocycles. The lowest BCUT2D eigenvalue weighted by molar-refractivity contribution is -0.126. The number of piperidine rings is 1. The van der Waals surface area contributed by atoms with Crippen LogP contribution in [0.3, 0.4) is 0 Å². The van der Waals surface area contributed by atoms with Gasteiger partial charge in [0.25, 0.3) is 0 Å². The van der Waals surface area contributed by atoms with Gasteiger partial charge in [-0.2, -0.15) is 5.10 Å². The maximum Gasteiger partial charge on any atom is 0.237 e. The van der Waals surface area contributed by atoms with Crippen LogP contribution in [0.15, 0.2) is 6.07 Å². The number of aromatic nitrogens is 2. The maximum atomic E-state index is 12.4. The molecular formula is C17H28N4O2. The van der Waals surface area contributed by atoms with Crippen molar-refractivity contribution in [2.24, 2.45) is 0 Å². The largest absolute Gasteiger partial charge is 0.376 e. The average molecular weight is 320 g/mol. The molecule has 1 amide bonds. The monoisotopic (exact) mass is 320 g/mol. The minimum Gasteiger partial charge on any atom is -0.376 e. The second-order valence-electron chi connectivity index (χ2n) is 6.87. The van der Waals surface area contributed by atoms with Crippen molar-refractivity contribution < 1.29 is 9.53 Å². The Morgan fingerprint density at radius 2 is 2.39 bits per heavy atom. The van der Waals surface area contributed by atoms with Gasteiger partial charge in [-0.15, -0.1) is 0 Å². The number of nitrogens with one attached hydrogen (secondary N) is 2. The number of amides is 1. The highest BCUT2D eigenvalue weighted by molar-refractivity contribution is 5.81. The van der Waals surface area contributed by atoms with E-state index in [-0.39, 0.29) is 18.1 Å². The van der Waals surface area contributed by atoms with Crippen molar-refractivity contribution in [2.45, 2.75) is 57.6 Å². The van der Waals surface area contributed by atoms with Crippen LogP contribution >= 0.6 is 0 Å². The van der Waals surface area contributed by atoms with E-state index in [0.29, 0.717) is 12.5 Å². The number of H-pyrrole nitrogens is 1. The van der Waals surface area contributed by atoms with Gasteiger partial charge in [-0.05, 0) is 52.1 Å². The molecule has 3 rings (SSSR count). The normalized spacial score (nSPS) is 27.0.